The number of furan rings is 1. The van der Waals surface area contributed by atoms with Crippen LogP contribution in [-0.2, 0) is 0 Å². The van der Waals surface area contributed by atoms with E-state index in [4.69, 9.17) is 4.42 Å². The zero-order chi connectivity index (χ0) is 16.4. The molecule has 4 nitrogen and oxygen atoms in total. The van der Waals surface area contributed by atoms with Crippen LogP contribution in [0.5, 0.6) is 0 Å². The first-order valence-electron chi connectivity index (χ1n) is 9.32. The molecule has 0 radical (unpaired) electrons. The van der Waals surface area contributed by atoms with Crippen LogP contribution in [0.15, 0.2) is 34.9 Å². The van der Waals surface area contributed by atoms with Gasteiger partial charge in [-0.3, -0.25) is 4.79 Å². The summed E-state index contributed by atoms with van der Waals surface area (Å²) in [5.74, 6) is 0.184. The van der Waals surface area contributed by atoms with Gasteiger partial charge in [-0.15, -0.1) is 0 Å². The number of rotatable bonds is 4. The second-order valence-corrected chi connectivity index (χ2v) is 7.16. The molecule has 0 saturated carbocycles. The Labute approximate surface area is 143 Å². The van der Waals surface area contributed by atoms with Gasteiger partial charge in [0.15, 0.2) is 0 Å². The summed E-state index contributed by atoms with van der Waals surface area (Å²) in [5, 5.41) is 1.01. The fourth-order valence-corrected chi connectivity index (χ4v) is 4.17. The van der Waals surface area contributed by atoms with Gasteiger partial charge in [-0.1, -0.05) is 0 Å². The molecule has 128 valence electrons. The molecular formula is C20H26N2O2. The third-order valence-electron chi connectivity index (χ3n) is 5.56. The first-order chi connectivity index (χ1) is 11.8. The van der Waals surface area contributed by atoms with Crippen LogP contribution in [0.4, 0.5) is 0 Å². The first-order valence-corrected chi connectivity index (χ1v) is 9.32. The molecule has 1 aromatic carbocycles. The normalized spacial score (nSPS) is 22.3. The predicted molar refractivity (Wildman–Crippen MR) is 95.2 cm³/mol. The van der Waals surface area contributed by atoms with Gasteiger partial charge in [0.25, 0.3) is 5.91 Å². The van der Waals surface area contributed by atoms with Crippen molar-refractivity contribution in [3.63, 3.8) is 0 Å². The highest BCUT2D eigenvalue weighted by molar-refractivity contribution is 5.98. The number of fused-ring (bicyclic) bond motifs is 1. The lowest BCUT2D eigenvalue weighted by Gasteiger charge is -2.36. The summed E-state index contributed by atoms with van der Waals surface area (Å²) >= 11 is 0. The smallest absolute Gasteiger partial charge is 0.254 e. The molecule has 3 heterocycles. The van der Waals surface area contributed by atoms with Crippen LogP contribution in [0, 0.1) is 0 Å². The summed E-state index contributed by atoms with van der Waals surface area (Å²) in [4.78, 5) is 17.7. The average molecular weight is 326 g/mol. The van der Waals surface area contributed by atoms with Crippen LogP contribution >= 0.6 is 0 Å². The fourth-order valence-electron chi connectivity index (χ4n) is 4.17. The molecule has 4 rings (SSSR count). The maximum atomic E-state index is 13.1. The van der Waals surface area contributed by atoms with Crippen molar-refractivity contribution >= 4 is 16.9 Å². The van der Waals surface area contributed by atoms with Crippen LogP contribution in [0.2, 0.25) is 0 Å². The van der Waals surface area contributed by atoms with E-state index in [1.54, 1.807) is 6.26 Å². The van der Waals surface area contributed by atoms with Gasteiger partial charge in [-0.25, -0.2) is 0 Å². The molecule has 1 aromatic heterocycles. The molecule has 2 fully saturated rings. The number of hydrogen-bond acceptors (Lipinski definition) is 3. The molecule has 0 spiro atoms. The van der Waals surface area contributed by atoms with Crippen molar-refractivity contribution in [2.45, 2.75) is 44.6 Å². The molecular weight excluding hydrogens is 300 g/mol. The van der Waals surface area contributed by atoms with Gasteiger partial charge in [0.05, 0.1) is 6.26 Å². The summed E-state index contributed by atoms with van der Waals surface area (Å²) < 4.78 is 5.38. The average Bonchev–Trinajstić information content (AvgIpc) is 3.30. The van der Waals surface area contributed by atoms with Crippen LogP contribution in [0.1, 0.15) is 48.9 Å². The predicted octanol–water partition coefficient (Wildman–Crippen LogP) is 3.91. The van der Waals surface area contributed by atoms with E-state index in [1.807, 2.05) is 24.3 Å². The Balaban J connectivity index is 1.47. The van der Waals surface area contributed by atoms with Gasteiger partial charge < -0.3 is 14.2 Å². The maximum Gasteiger partial charge on any atom is 0.254 e. The highest BCUT2D eigenvalue weighted by atomic mass is 16.3. The quantitative estimate of drug-likeness (QED) is 0.854. The molecule has 2 aliphatic rings. The Kier molecular flexibility index (Phi) is 4.56. The molecule has 0 aliphatic carbocycles. The largest absolute Gasteiger partial charge is 0.464 e. The van der Waals surface area contributed by atoms with Crippen molar-refractivity contribution in [3.05, 3.63) is 36.1 Å². The summed E-state index contributed by atoms with van der Waals surface area (Å²) in [6, 6.07) is 8.10. The van der Waals surface area contributed by atoms with Crippen molar-refractivity contribution in [2.24, 2.45) is 0 Å². The number of amides is 1. The number of piperidine rings is 1. The SMILES string of the molecule is O=C(c1ccc2occc2c1)N1CCCCC1CCN1CCCC1. The van der Waals surface area contributed by atoms with Crippen molar-refractivity contribution < 1.29 is 9.21 Å². The van der Waals surface area contributed by atoms with Crippen molar-refractivity contribution in [3.8, 4) is 0 Å². The van der Waals surface area contributed by atoms with E-state index in [0.717, 1.165) is 48.9 Å². The Morgan fingerprint density at radius 1 is 1.08 bits per heavy atom. The van der Waals surface area contributed by atoms with Crippen molar-refractivity contribution in [1.29, 1.82) is 0 Å². The number of likely N-dealkylation sites (tertiary alicyclic amines) is 2. The van der Waals surface area contributed by atoms with E-state index in [-0.39, 0.29) is 5.91 Å². The van der Waals surface area contributed by atoms with Gasteiger partial charge >= 0.3 is 0 Å². The topological polar surface area (TPSA) is 36.7 Å². The number of benzene rings is 1. The second-order valence-electron chi connectivity index (χ2n) is 7.16. The van der Waals surface area contributed by atoms with Gasteiger partial charge in [-0.2, -0.15) is 0 Å². The molecule has 2 saturated heterocycles. The number of carbonyl (C=O) groups excluding carboxylic acids is 1. The molecule has 2 aromatic rings. The van der Waals surface area contributed by atoms with E-state index in [0.29, 0.717) is 6.04 Å². The minimum Gasteiger partial charge on any atom is -0.464 e. The number of nitrogens with zero attached hydrogens (tertiary/aromatic N) is 2. The van der Waals surface area contributed by atoms with Crippen LogP contribution < -0.4 is 0 Å². The van der Waals surface area contributed by atoms with Crippen LogP contribution in [0.3, 0.4) is 0 Å². The molecule has 0 bridgehead atoms. The molecule has 1 amide bonds. The van der Waals surface area contributed by atoms with Gasteiger partial charge in [-0.05, 0) is 75.9 Å². The summed E-state index contributed by atoms with van der Waals surface area (Å²) in [7, 11) is 0. The Morgan fingerprint density at radius 3 is 2.79 bits per heavy atom. The number of hydrogen-bond donors (Lipinski definition) is 0. The summed E-state index contributed by atoms with van der Waals surface area (Å²) in [6.45, 7) is 4.50. The second kappa shape index (κ2) is 6.98. The lowest BCUT2D eigenvalue weighted by Crippen LogP contribution is -2.45. The zero-order valence-corrected chi connectivity index (χ0v) is 14.2. The lowest BCUT2D eigenvalue weighted by molar-refractivity contribution is 0.0588. The van der Waals surface area contributed by atoms with E-state index >= 15 is 0 Å². The highest BCUT2D eigenvalue weighted by Gasteiger charge is 2.28. The van der Waals surface area contributed by atoms with E-state index in [9.17, 15) is 4.79 Å². The van der Waals surface area contributed by atoms with Gasteiger partial charge in [0.1, 0.15) is 5.58 Å². The minimum atomic E-state index is 0.184. The van der Waals surface area contributed by atoms with Crippen LogP contribution in [-0.4, -0.2) is 47.9 Å². The van der Waals surface area contributed by atoms with Gasteiger partial charge in [0.2, 0.25) is 0 Å². The Morgan fingerprint density at radius 2 is 1.92 bits per heavy atom. The molecule has 1 atom stereocenters. The summed E-state index contributed by atoms with van der Waals surface area (Å²) in [5.41, 5.74) is 1.63. The molecule has 24 heavy (non-hydrogen) atoms. The monoisotopic (exact) mass is 326 g/mol. The minimum absolute atomic E-state index is 0.184. The van der Waals surface area contributed by atoms with Gasteiger partial charge in [0, 0.05) is 30.1 Å². The lowest BCUT2D eigenvalue weighted by atomic mass is 9.97. The third kappa shape index (κ3) is 3.20. The fraction of sp³-hybridized carbons (Fsp3) is 0.550. The van der Waals surface area contributed by atoms with E-state index < -0.39 is 0 Å². The first kappa shape index (κ1) is 15.7. The Bertz CT molecular complexity index is 702. The molecule has 2 aliphatic heterocycles. The molecule has 0 N–H and O–H groups in total. The maximum absolute atomic E-state index is 13.1. The van der Waals surface area contributed by atoms with Crippen molar-refractivity contribution in [1.82, 2.24) is 9.80 Å². The van der Waals surface area contributed by atoms with E-state index in [2.05, 4.69) is 9.80 Å². The standard InChI is InChI=1S/C20H26N2O2/c23-20(17-6-7-19-16(15-17)9-14-24-19)22-12-2-1-5-18(22)8-13-21-10-3-4-11-21/h6-7,9,14-15,18H,1-5,8,10-13H2. The van der Waals surface area contributed by atoms with Crippen molar-refractivity contribution in [2.75, 3.05) is 26.2 Å². The van der Waals surface area contributed by atoms with E-state index in [1.165, 1.54) is 32.4 Å². The molecule has 4 heteroatoms. The molecule has 1 unspecified atom stereocenters. The zero-order valence-electron chi connectivity index (χ0n) is 14.2. The highest BCUT2D eigenvalue weighted by Crippen LogP contribution is 2.25. The summed E-state index contributed by atoms with van der Waals surface area (Å²) in [6.07, 6.45) is 8.97. The third-order valence-corrected chi connectivity index (χ3v) is 5.56. The van der Waals surface area contributed by atoms with Crippen LogP contribution in [0.25, 0.3) is 11.0 Å². The number of carbonyl (C=O) groups is 1. The Hall–Kier alpha value is -1.81.